The Morgan fingerprint density at radius 3 is 2.47 bits per heavy atom. The van der Waals surface area contributed by atoms with E-state index < -0.39 is 28.6 Å². The number of hydrogen-bond donors (Lipinski definition) is 1. The lowest BCUT2D eigenvalue weighted by Crippen LogP contribution is -2.22. The number of benzene rings is 1. The highest BCUT2D eigenvalue weighted by Gasteiger charge is 2.55. The lowest BCUT2D eigenvalue weighted by atomic mass is 9.95. The Morgan fingerprint density at radius 2 is 2.00 bits per heavy atom. The fraction of sp³-hybridized carbons (Fsp3) is 0.300. The number of carboxylic acids is 1. The van der Waals surface area contributed by atoms with Crippen molar-refractivity contribution in [1.82, 2.24) is 0 Å². The highest BCUT2D eigenvalue weighted by Crippen LogP contribution is 2.50. The van der Waals surface area contributed by atoms with E-state index in [0.29, 0.717) is 0 Å². The number of hydrogen-bond acceptors (Lipinski definition) is 1. The molecule has 1 fully saturated rings. The van der Waals surface area contributed by atoms with Gasteiger partial charge in [-0.25, -0.2) is 8.78 Å². The van der Waals surface area contributed by atoms with Crippen molar-refractivity contribution in [3.05, 3.63) is 34.4 Å². The van der Waals surface area contributed by atoms with Gasteiger partial charge in [0.05, 0.1) is 10.4 Å². The van der Waals surface area contributed by atoms with Crippen molar-refractivity contribution in [2.75, 3.05) is 0 Å². The molecule has 0 spiro atoms. The summed E-state index contributed by atoms with van der Waals surface area (Å²) in [4.78, 5) is 10.9. The summed E-state index contributed by atoms with van der Waals surface area (Å²) in [5.74, 6) is -3.02. The lowest BCUT2D eigenvalue weighted by molar-refractivity contribution is -0.140. The molecule has 2 nitrogen and oxygen atoms in total. The van der Waals surface area contributed by atoms with Crippen molar-refractivity contribution >= 4 is 17.6 Å². The van der Waals surface area contributed by atoms with Gasteiger partial charge in [-0.1, -0.05) is 11.6 Å². The Balaban J connectivity index is 2.62. The van der Waals surface area contributed by atoms with Crippen LogP contribution in [0.15, 0.2) is 12.1 Å². The molecule has 0 unspecified atom stereocenters. The van der Waals surface area contributed by atoms with Gasteiger partial charge in [-0.2, -0.15) is 0 Å². The summed E-state index contributed by atoms with van der Waals surface area (Å²) in [5.41, 5.74) is -1.82. The van der Waals surface area contributed by atoms with Gasteiger partial charge in [0, 0.05) is 5.56 Å². The van der Waals surface area contributed by atoms with E-state index in [2.05, 4.69) is 0 Å². The van der Waals surface area contributed by atoms with Crippen LogP contribution in [0, 0.1) is 11.6 Å². The molecule has 0 saturated heterocycles. The average Bonchev–Trinajstić information content (AvgIpc) is 2.93. The number of carbonyl (C=O) groups is 1. The van der Waals surface area contributed by atoms with Crippen LogP contribution in [0.5, 0.6) is 0 Å². The van der Waals surface area contributed by atoms with E-state index in [0.717, 1.165) is 12.1 Å². The summed E-state index contributed by atoms with van der Waals surface area (Å²) in [5, 5.41) is 8.67. The largest absolute Gasteiger partial charge is 0.481 e. The molecule has 0 atom stereocenters. The molecule has 0 amide bonds. The molecule has 1 saturated carbocycles. The SMILES string of the molecule is O=C(O)C1(c2c(F)ccc(Cl)c2F)CC1. The average molecular weight is 233 g/mol. The smallest absolute Gasteiger partial charge is 0.314 e. The number of aliphatic carboxylic acids is 1. The summed E-state index contributed by atoms with van der Waals surface area (Å²) in [7, 11) is 0. The van der Waals surface area contributed by atoms with E-state index in [4.69, 9.17) is 16.7 Å². The van der Waals surface area contributed by atoms with Gasteiger partial charge in [-0.05, 0) is 25.0 Å². The Hall–Kier alpha value is -1.16. The third-order valence-electron chi connectivity index (χ3n) is 2.68. The van der Waals surface area contributed by atoms with Crippen LogP contribution in [-0.4, -0.2) is 11.1 Å². The number of rotatable bonds is 2. The molecule has 0 aliphatic heterocycles. The van der Waals surface area contributed by atoms with Gasteiger partial charge < -0.3 is 5.11 Å². The minimum Gasteiger partial charge on any atom is -0.481 e. The van der Waals surface area contributed by atoms with Crippen molar-refractivity contribution in [3.8, 4) is 0 Å². The van der Waals surface area contributed by atoms with Crippen LogP contribution in [0.25, 0.3) is 0 Å². The zero-order chi connectivity index (χ0) is 11.2. The molecule has 0 radical (unpaired) electrons. The second kappa shape index (κ2) is 3.17. The fourth-order valence-electron chi connectivity index (χ4n) is 1.66. The predicted octanol–water partition coefficient (Wildman–Crippen LogP) is 2.73. The van der Waals surface area contributed by atoms with Crippen LogP contribution in [0.1, 0.15) is 18.4 Å². The minimum atomic E-state index is -1.40. The molecular formula is C10H7ClF2O2. The van der Waals surface area contributed by atoms with E-state index >= 15 is 0 Å². The zero-order valence-corrected chi connectivity index (χ0v) is 8.31. The van der Waals surface area contributed by atoms with Crippen LogP contribution in [0.4, 0.5) is 8.78 Å². The molecular weight excluding hydrogens is 226 g/mol. The third-order valence-corrected chi connectivity index (χ3v) is 2.97. The normalized spacial score (nSPS) is 17.5. The first-order valence-electron chi connectivity index (χ1n) is 4.36. The van der Waals surface area contributed by atoms with Crippen molar-refractivity contribution in [3.63, 3.8) is 0 Å². The summed E-state index contributed by atoms with van der Waals surface area (Å²) >= 11 is 5.49. The molecule has 1 aliphatic rings. The molecule has 1 aliphatic carbocycles. The van der Waals surface area contributed by atoms with Gasteiger partial charge in [0.1, 0.15) is 11.6 Å². The summed E-state index contributed by atoms with van der Waals surface area (Å²) in [6.07, 6.45) is 0.493. The molecule has 1 N–H and O–H groups in total. The molecule has 5 heteroatoms. The molecule has 80 valence electrons. The zero-order valence-electron chi connectivity index (χ0n) is 7.56. The maximum atomic E-state index is 13.5. The quantitative estimate of drug-likeness (QED) is 0.796. The molecule has 0 bridgehead atoms. The first-order valence-corrected chi connectivity index (χ1v) is 4.74. The maximum Gasteiger partial charge on any atom is 0.314 e. The third kappa shape index (κ3) is 1.40. The topological polar surface area (TPSA) is 37.3 Å². The maximum absolute atomic E-state index is 13.5. The van der Waals surface area contributed by atoms with Gasteiger partial charge in [-0.15, -0.1) is 0 Å². The second-order valence-corrected chi connectivity index (χ2v) is 4.01. The molecule has 0 aromatic heterocycles. The van der Waals surface area contributed by atoms with Crippen LogP contribution in [0.3, 0.4) is 0 Å². The monoisotopic (exact) mass is 232 g/mol. The molecule has 0 heterocycles. The first-order chi connectivity index (χ1) is 6.99. The van der Waals surface area contributed by atoms with Crippen LogP contribution < -0.4 is 0 Å². The Bertz CT molecular complexity index is 441. The standard InChI is InChI=1S/C10H7ClF2O2/c11-5-1-2-6(12)7(8(5)13)10(3-4-10)9(14)15/h1-2H,3-4H2,(H,14,15). The molecule has 1 aromatic carbocycles. The lowest BCUT2D eigenvalue weighted by Gasteiger charge is -2.12. The van der Waals surface area contributed by atoms with Crippen molar-refractivity contribution in [2.24, 2.45) is 0 Å². The van der Waals surface area contributed by atoms with Crippen molar-refractivity contribution in [2.45, 2.75) is 18.3 Å². The Labute approximate surface area is 89.5 Å². The number of halogens is 3. The molecule has 2 rings (SSSR count). The first kappa shape index (κ1) is 10.4. The summed E-state index contributed by atoms with van der Waals surface area (Å²) in [6, 6.07) is 2.07. The Morgan fingerprint density at radius 1 is 1.40 bits per heavy atom. The second-order valence-electron chi connectivity index (χ2n) is 3.61. The van der Waals surface area contributed by atoms with Gasteiger partial charge in [0.15, 0.2) is 0 Å². The van der Waals surface area contributed by atoms with Gasteiger partial charge in [-0.3, -0.25) is 4.79 Å². The fourth-order valence-corrected chi connectivity index (χ4v) is 1.82. The van der Waals surface area contributed by atoms with E-state index in [9.17, 15) is 13.6 Å². The van der Waals surface area contributed by atoms with Gasteiger partial charge >= 0.3 is 5.97 Å². The molecule has 15 heavy (non-hydrogen) atoms. The summed E-state index contributed by atoms with van der Waals surface area (Å²) < 4.78 is 26.9. The Kier molecular flexibility index (Phi) is 2.19. The highest BCUT2D eigenvalue weighted by atomic mass is 35.5. The van der Waals surface area contributed by atoms with Gasteiger partial charge in [0.25, 0.3) is 0 Å². The molecule has 1 aromatic rings. The van der Waals surface area contributed by atoms with Gasteiger partial charge in [0.2, 0.25) is 0 Å². The van der Waals surface area contributed by atoms with E-state index in [1.807, 2.05) is 0 Å². The predicted molar refractivity (Wildman–Crippen MR) is 49.9 cm³/mol. The van der Waals surface area contributed by atoms with Crippen LogP contribution in [-0.2, 0) is 10.2 Å². The summed E-state index contributed by atoms with van der Waals surface area (Å²) in [6.45, 7) is 0. The van der Waals surface area contributed by atoms with E-state index in [1.165, 1.54) is 0 Å². The van der Waals surface area contributed by atoms with E-state index in [1.54, 1.807) is 0 Å². The van der Waals surface area contributed by atoms with E-state index in [-0.39, 0.29) is 17.9 Å². The highest BCUT2D eigenvalue weighted by molar-refractivity contribution is 6.30. The number of carboxylic acid groups (broad SMARTS) is 1. The van der Waals surface area contributed by atoms with Crippen LogP contribution >= 0.6 is 11.6 Å². The van der Waals surface area contributed by atoms with Crippen LogP contribution in [0.2, 0.25) is 5.02 Å². The minimum absolute atomic E-state index is 0.247. The van der Waals surface area contributed by atoms with Crippen molar-refractivity contribution in [1.29, 1.82) is 0 Å². The van der Waals surface area contributed by atoms with Crippen molar-refractivity contribution < 1.29 is 18.7 Å².